The zero-order valence-electron chi connectivity index (χ0n) is 16.8. The van der Waals surface area contributed by atoms with Crippen molar-refractivity contribution in [3.8, 4) is 5.69 Å². The summed E-state index contributed by atoms with van der Waals surface area (Å²) in [6.07, 6.45) is 2.40. The van der Waals surface area contributed by atoms with Crippen molar-refractivity contribution in [2.45, 2.75) is 32.0 Å². The predicted octanol–water partition coefficient (Wildman–Crippen LogP) is 4.40. The predicted molar refractivity (Wildman–Crippen MR) is 115 cm³/mol. The number of rotatable bonds is 6. The fourth-order valence-corrected chi connectivity index (χ4v) is 3.50. The number of benzene rings is 2. The van der Waals surface area contributed by atoms with E-state index >= 15 is 0 Å². The average molecular weight is 410 g/mol. The molecule has 150 valence electrons. The molecule has 0 aliphatic rings. The maximum absolute atomic E-state index is 12.8. The third kappa shape index (κ3) is 4.51. The summed E-state index contributed by atoms with van der Waals surface area (Å²) in [4.78, 5) is 29.7. The second-order valence-electron chi connectivity index (χ2n) is 6.60. The monoisotopic (exact) mass is 409 g/mol. The number of hydrogen-bond donors (Lipinski definition) is 1. The first-order valence-electron chi connectivity index (χ1n) is 9.17. The number of ether oxygens (including phenoxy) is 1. The van der Waals surface area contributed by atoms with E-state index in [0.29, 0.717) is 5.16 Å². The minimum absolute atomic E-state index is 0.271. The lowest BCUT2D eigenvalue weighted by molar-refractivity contribution is -0.123. The number of nitrogens with zero attached hydrogens (tertiary/aromatic N) is 2. The van der Waals surface area contributed by atoms with E-state index in [1.165, 1.54) is 18.0 Å². The fraction of sp³-hybridized carbons (Fsp3) is 0.227. The van der Waals surface area contributed by atoms with Crippen LogP contribution in [0.2, 0.25) is 0 Å². The maximum atomic E-state index is 12.8. The van der Waals surface area contributed by atoms with Gasteiger partial charge >= 0.3 is 5.97 Å². The largest absolute Gasteiger partial charge is 0.448 e. The molecular weight excluding hydrogens is 386 g/mol. The van der Waals surface area contributed by atoms with Gasteiger partial charge in [-0.2, -0.15) is 0 Å². The summed E-state index contributed by atoms with van der Waals surface area (Å²) in [6, 6.07) is 15.2. The van der Waals surface area contributed by atoms with Crippen LogP contribution in [0.25, 0.3) is 5.69 Å². The van der Waals surface area contributed by atoms with Crippen LogP contribution in [0.3, 0.4) is 0 Å². The molecule has 1 heterocycles. The third-order valence-corrected chi connectivity index (χ3v) is 5.17. The number of anilines is 1. The number of thioether (sulfide) groups is 1. The summed E-state index contributed by atoms with van der Waals surface area (Å²) >= 11 is 1.42. The van der Waals surface area contributed by atoms with Crippen molar-refractivity contribution in [3.63, 3.8) is 0 Å². The molecule has 1 aromatic heterocycles. The van der Waals surface area contributed by atoms with E-state index in [1.54, 1.807) is 11.5 Å². The maximum Gasteiger partial charge on any atom is 0.357 e. The summed E-state index contributed by atoms with van der Waals surface area (Å²) in [5, 5.41) is 3.52. The summed E-state index contributed by atoms with van der Waals surface area (Å²) < 4.78 is 7.17. The number of carbonyl (C=O) groups excluding carboxylic acids is 2. The van der Waals surface area contributed by atoms with E-state index in [2.05, 4.69) is 10.3 Å². The quantitative estimate of drug-likeness (QED) is 0.483. The van der Waals surface area contributed by atoms with Crippen LogP contribution in [0.4, 0.5) is 5.69 Å². The topological polar surface area (TPSA) is 73.2 Å². The molecule has 0 fully saturated rings. The highest BCUT2D eigenvalue weighted by atomic mass is 32.2. The van der Waals surface area contributed by atoms with Gasteiger partial charge in [0, 0.05) is 11.4 Å². The molecule has 0 aliphatic carbocycles. The van der Waals surface area contributed by atoms with Crippen molar-refractivity contribution < 1.29 is 14.3 Å². The van der Waals surface area contributed by atoms with Gasteiger partial charge in [0.05, 0.1) is 6.20 Å². The molecule has 3 aromatic rings. The number of esters is 1. The highest BCUT2D eigenvalue weighted by Crippen LogP contribution is 2.23. The van der Waals surface area contributed by atoms with Gasteiger partial charge in [-0.3, -0.25) is 9.36 Å². The molecule has 7 heteroatoms. The number of aromatic nitrogens is 2. The van der Waals surface area contributed by atoms with Gasteiger partial charge in [0.25, 0.3) is 5.91 Å². The zero-order valence-corrected chi connectivity index (χ0v) is 17.6. The van der Waals surface area contributed by atoms with Crippen LogP contribution >= 0.6 is 11.8 Å². The normalized spacial score (nSPS) is 11.7. The van der Waals surface area contributed by atoms with Gasteiger partial charge in [0.15, 0.2) is 17.0 Å². The van der Waals surface area contributed by atoms with Crippen LogP contribution in [-0.2, 0) is 9.53 Å². The number of amides is 1. The van der Waals surface area contributed by atoms with Gasteiger partial charge in [0.2, 0.25) is 0 Å². The minimum atomic E-state index is -0.960. The van der Waals surface area contributed by atoms with Gasteiger partial charge in [-0.25, -0.2) is 9.78 Å². The van der Waals surface area contributed by atoms with Gasteiger partial charge in [-0.15, -0.1) is 0 Å². The Balaban J connectivity index is 1.78. The van der Waals surface area contributed by atoms with Crippen molar-refractivity contribution in [2.75, 3.05) is 11.6 Å². The standard InChI is InChI=1S/C22H23N3O3S/c1-14-9-8-10-15(2)19(14)24-20(26)16(3)28-21(27)18-13-23-22(29-4)25(18)17-11-6-5-7-12-17/h5-13,16H,1-4H3,(H,24,26). The molecule has 0 saturated heterocycles. The highest BCUT2D eigenvalue weighted by molar-refractivity contribution is 7.98. The van der Waals surface area contributed by atoms with Crippen LogP contribution < -0.4 is 5.32 Å². The molecule has 3 rings (SSSR count). The first kappa shape index (κ1) is 20.7. The Bertz CT molecular complexity index is 1010. The Hall–Kier alpha value is -3.06. The zero-order chi connectivity index (χ0) is 21.0. The molecule has 0 aliphatic heterocycles. The lowest BCUT2D eigenvalue weighted by atomic mass is 10.1. The molecule has 1 amide bonds. The highest BCUT2D eigenvalue weighted by Gasteiger charge is 2.24. The number of para-hydroxylation sites is 2. The smallest absolute Gasteiger partial charge is 0.357 e. The van der Waals surface area contributed by atoms with E-state index in [-0.39, 0.29) is 11.6 Å². The number of carbonyl (C=O) groups is 2. The number of imidazole rings is 1. The molecule has 0 spiro atoms. The lowest BCUT2D eigenvalue weighted by Gasteiger charge is -2.17. The Morgan fingerprint density at radius 3 is 2.34 bits per heavy atom. The van der Waals surface area contributed by atoms with Gasteiger partial charge in [0.1, 0.15) is 0 Å². The molecule has 2 aromatic carbocycles. The molecular formula is C22H23N3O3S. The summed E-state index contributed by atoms with van der Waals surface area (Å²) in [6.45, 7) is 5.39. The van der Waals surface area contributed by atoms with E-state index in [0.717, 1.165) is 22.5 Å². The number of hydrogen-bond acceptors (Lipinski definition) is 5. The van der Waals surface area contributed by atoms with Crippen LogP contribution in [-0.4, -0.2) is 33.8 Å². The first-order valence-corrected chi connectivity index (χ1v) is 10.4. The molecule has 29 heavy (non-hydrogen) atoms. The summed E-state index contributed by atoms with van der Waals surface area (Å²) in [7, 11) is 0. The van der Waals surface area contributed by atoms with Crippen molar-refractivity contribution in [3.05, 3.63) is 71.5 Å². The van der Waals surface area contributed by atoms with Gasteiger partial charge in [-0.05, 0) is 50.3 Å². The Labute approximate surface area is 174 Å². The summed E-state index contributed by atoms with van der Waals surface area (Å²) in [5.41, 5.74) is 3.70. The van der Waals surface area contributed by atoms with Crippen molar-refractivity contribution in [2.24, 2.45) is 0 Å². The van der Waals surface area contributed by atoms with Crippen molar-refractivity contribution in [1.82, 2.24) is 9.55 Å². The Kier molecular flexibility index (Phi) is 6.39. The van der Waals surface area contributed by atoms with E-state index in [4.69, 9.17) is 4.74 Å². The van der Waals surface area contributed by atoms with Crippen LogP contribution in [0.15, 0.2) is 59.9 Å². The molecule has 0 saturated carbocycles. The third-order valence-electron chi connectivity index (χ3n) is 4.52. The average Bonchev–Trinajstić information content (AvgIpc) is 3.15. The van der Waals surface area contributed by atoms with Crippen LogP contribution in [0.5, 0.6) is 0 Å². The van der Waals surface area contributed by atoms with Crippen molar-refractivity contribution >= 4 is 29.3 Å². The lowest BCUT2D eigenvalue weighted by Crippen LogP contribution is -2.31. The number of aryl methyl sites for hydroxylation is 2. The Morgan fingerprint density at radius 1 is 1.07 bits per heavy atom. The van der Waals surface area contributed by atoms with Gasteiger partial charge in [-0.1, -0.05) is 48.2 Å². The SMILES string of the molecule is CSc1ncc(C(=O)OC(C)C(=O)Nc2c(C)cccc2C)n1-c1ccccc1. The Morgan fingerprint density at radius 2 is 1.72 bits per heavy atom. The van der Waals surface area contributed by atoms with Crippen LogP contribution in [0.1, 0.15) is 28.5 Å². The molecule has 0 radical (unpaired) electrons. The molecule has 1 unspecified atom stereocenters. The fourth-order valence-electron chi connectivity index (χ4n) is 2.96. The number of nitrogens with one attached hydrogen (secondary N) is 1. The van der Waals surface area contributed by atoms with E-state index < -0.39 is 12.1 Å². The first-order chi connectivity index (χ1) is 13.9. The second-order valence-corrected chi connectivity index (χ2v) is 7.38. The second kappa shape index (κ2) is 8.96. The molecule has 1 atom stereocenters. The molecule has 0 bridgehead atoms. The summed E-state index contributed by atoms with van der Waals surface area (Å²) in [5.74, 6) is -0.988. The minimum Gasteiger partial charge on any atom is -0.448 e. The van der Waals surface area contributed by atoms with E-state index in [1.807, 2.05) is 68.6 Å². The van der Waals surface area contributed by atoms with Crippen LogP contribution in [0, 0.1) is 13.8 Å². The van der Waals surface area contributed by atoms with E-state index in [9.17, 15) is 9.59 Å². The molecule has 6 nitrogen and oxygen atoms in total. The molecule has 1 N–H and O–H groups in total. The van der Waals surface area contributed by atoms with Gasteiger partial charge < -0.3 is 10.1 Å². The van der Waals surface area contributed by atoms with Crippen molar-refractivity contribution in [1.29, 1.82) is 0 Å².